The normalized spacial score (nSPS) is 12.1. The second-order valence-electron chi connectivity index (χ2n) is 5.79. The van der Waals surface area contributed by atoms with Gasteiger partial charge in [0.15, 0.2) is 5.82 Å². The summed E-state index contributed by atoms with van der Waals surface area (Å²) in [7, 11) is 0. The van der Waals surface area contributed by atoms with Gasteiger partial charge in [0.2, 0.25) is 4.96 Å². The highest BCUT2D eigenvalue weighted by Gasteiger charge is 2.12. The summed E-state index contributed by atoms with van der Waals surface area (Å²) in [5.41, 5.74) is 0.816. The molecule has 0 aliphatic rings. The molecule has 0 unspecified atom stereocenters. The molecular weight excluding hydrogens is 366 g/mol. The fourth-order valence-electron chi connectivity index (χ4n) is 2.49. The van der Waals surface area contributed by atoms with Crippen molar-refractivity contribution in [3.63, 3.8) is 0 Å². The van der Waals surface area contributed by atoms with Crippen molar-refractivity contribution in [1.29, 1.82) is 0 Å². The number of aromatic nitrogens is 3. The maximum absolute atomic E-state index is 12.6. The monoisotopic (exact) mass is 383 g/mol. The van der Waals surface area contributed by atoms with Gasteiger partial charge in [0.1, 0.15) is 5.75 Å². The zero-order valence-corrected chi connectivity index (χ0v) is 15.8. The van der Waals surface area contributed by atoms with Crippen LogP contribution >= 0.6 is 22.7 Å². The van der Waals surface area contributed by atoms with Crippen molar-refractivity contribution in [2.45, 2.75) is 19.8 Å². The Morgan fingerprint density at radius 1 is 1.23 bits per heavy atom. The number of benzene rings is 1. The lowest BCUT2D eigenvalue weighted by Gasteiger charge is -2.04. The number of fused-ring (bicyclic) bond motifs is 1. The highest BCUT2D eigenvalue weighted by molar-refractivity contribution is 7.15. The van der Waals surface area contributed by atoms with Gasteiger partial charge in [0, 0.05) is 0 Å². The van der Waals surface area contributed by atoms with Gasteiger partial charge in [-0.15, -0.1) is 16.4 Å². The van der Waals surface area contributed by atoms with Gasteiger partial charge in [-0.1, -0.05) is 42.9 Å². The maximum Gasteiger partial charge on any atom is 0.291 e. The molecule has 0 bridgehead atoms. The van der Waals surface area contributed by atoms with Gasteiger partial charge in [-0.25, -0.2) is 0 Å². The smallest absolute Gasteiger partial charge is 0.291 e. The molecule has 0 atom stereocenters. The minimum absolute atomic E-state index is 0.136. The van der Waals surface area contributed by atoms with E-state index in [4.69, 9.17) is 4.74 Å². The van der Waals surface area contributed by atoms with Crippen LogP contribution in [0.5, 0.6) is 5.75 Å². The number of hydrogen-bond donors (Lipinski definition) is 0. The average Bonchev–Trinajstić information content (AvgIpc) is 3.36. The van der Waals surface area contributed by atoms with Crippen LogP contribution in [0.4, 0.5) is 0 Å². The van der Waals surface area contributed by atoms with E-state index in [1.807, 2.05) is 47.9 Å². The van der Waals surface area contributed by atoms with Crippen molar-refractivity contribution in [3.8, 4) is 16.5 Å². The summed E-state index contributed by atoms with van der Waals surface area (Å²) in [4.78, 5) is 18.6. The Morgan fingerprint density at radius 3 is 2.77 bits per heavy atom. The van der Waals surface area contributed by atoms with Crippen LogP contribution in [0.3, 0.4) is 0 Å². The molecule has 0 amide bonds. The van der Waals surface area contributed by atoms with Crippen LogP contribution in [0.15, 0.2) is 46.6 Å². The summed E-state index contributed by atoms with van der Waals surface area (Å²) in [6, 6.07) is 11.7. The van der Waals surface area contributed by atoms with Gasteiger partial charge < -0.3 is 4.74 Å². The minimum Gasteiger partial charge on any atom is -0.494 e. The molecule has 0 N–H and O–H groups in total. The van der Waals surface area contributed by atoms with Gasteiger partial charge in [-0.3, -0.25) is 4.79 Å². The van der Waals surface area contributed by atoms with Crippen molar-refractivity contribution in [3.05, 3.63) is 62.2 Å². The number of thiazole rings is 1. The molecule has 132 valence electrons. The first kappa shape index (κ1) is 16.9. The standard InChI is InChI=1S/C19H17N3O2S2/c1-2-3-10-24-14-8-6-13(7-9-14)12-16-18(23)22-19(26-16)20-17(21-22)15-5-4-11-25-15/h4-9,11-12H,2-3,10H2,1H3/b16-12-. The van der Waals surface area contributed by atoms with E-state index in [0.29, 0.717) is 15.3 Å². The molecule has 0 radical (unpaired) electrons. The Morgan fingerprint density at radius 2 is 2.08 bits per heavy atom. The maximum atomic E-state index is 12.6. The summed E-state index contributed by atoms with van der Waals surface area (Å²) >= 11 is 2.91. The quantitative estimate of drug-likeness (QED) is 0.477. The number of thiophene rings is 1. The number of rotatable bonds is 6. The molecule has 7 heteroatoms. The predicted octanol–water partition coefficient (Wildman–Crippen LogP) is 3.61. The van der Waals surface area contributed by atoms with Crippen molar-refractivity contribution in [2.24, 2.45) is 0 Å². The molecule has 4 rings (SSSR count). The van der Waals surface area contributed by atoms with E-state index in [1.54, 1.807) is 11.3 Å². The number of hydrogen-bond acceptors (Lipinski definition) is 6. The van der Waals surface area contributed by atoms with Crippen LogP contribution in [0.25, 0.3) is 21.7 Å². The highest BCUT2D eigenvalue weighted by atomic mass is 32.1. The lowest BCUT2D eigenvalue weighted by Crippen LogP contribution is -2.23. The van der Waals surface area contributed by atoms with Gasteiger partial charge in [-0.05, 0) is 41.6 Å². The highest BCUT2D eigenvalue weighted by Crippen LogP contribution is 2.21. The summed E-state index contributed by atoms with van der Waals surface area (Å²) in [5.74, 6) is 1.45. The summed E-state index contributed by atoms with van der Waals surface area (Å²) in [6.45, 7) is 2.86. The number of nitrogens with zero attached hydrogens (tertiary/aromatic N) is 3. The fraction of sp³-hybridized carbons (Fsp3) is 0.211. The SMILES string of the molecule is CCCCOc1ccc(/C=c2\sc3nc(-c4cccs4)nn3c2=O)cc1. The zero-order valence-electron chi connectivity index (χ0n) is 14.2. The van der Waals surface area contributed by atoms with Gasteiger partial charge in [-0.2, -0.15) is 9.50 Å². The largest absolute Gasteiger partial charge is 0.494 e. The van der Waals surface area contributed by atoms with Crippen molar-refractivity contribution in [2.75, 3.05) is 6.61 Å². The van der Waals surface area contributed by atoms with Crippen LogP contribution in [-0.4, -0.2) is 21.2 Å². The molecule has 4 aromatic rings. The predicted molar refractivity (Wildman–Crippen MR) is 106 cm³/mol. The lowest BCUT2D eigenvalue weighted by molar-refractivity contribution is 0.309. The van der Waals surface area contributed by atoms with E-state index in [-0.39, 0.29) is 5.56 Å². The molecule has 0 aliphatic heterocycles. The first-order valence-electron chi connectivity index (χ1n) is 8.42. The molecule has 0 spiro atoms. The zero-order chi connectivity index (χ0) is 17.9. The molecule has 0 aliphatic carbocycles. The Hall–Kier alpha value is -2.51. The van der Waals surface area contributed by atoms with Crippen LogP contribution in [0, 0.1) is 0 Å². The first-order chi connectivity index (χ1) is 12.7. The fourth-order valence-corrected chi connectivity index (χ4v) is 4.05. The lowest BCUT2D eigenvalue weighted by atomic mass is 10.2. The van der Waals surface area contributed by atoms with E-state index in [2.05, 4.69) is 17.0 Å². The van der Waals surface area contributed by atoms with Crippen LogP contribution in [-0.2, 0) is 0 Å². The van der Waals surface area contributed by atoms with Gasteiger partial charge in [0.25, 0.3) is 5.56 Å². The van der Waals surface area contributed by atoms with Crippen molar-refractivity contribution >= 4 is 33.7 Å². The molecule has 1 aromatic carbocycles. The molecule has 0 fully saturated rings. The Bertz CT molecular complexity index is 1110. The molecule has 26 heavy (non-hydrogen) atoms. The summed E-state index contributed by atoms with van der Waals surface area (Å²) < 4.78 is 7.67. The molecule has 3 aromatic heterocycles. The van der Waals surface area contributed by atoms with Crippen molar-refractivity contribution in [1.82, 2.24) is 14.6 Å². The summed E-state index contributed by atoms with van der Waals surface area (Å²) in [6.07, 6.45) is 4.02. The molecule has 0 saturated carbocycles. The third-order valence-corrected chi connectivity index (χ3v) is 5.69. The average molecular weight is 383 g/mol. The minimum atomic E-state index is -0.136. The van der Waals surface area contributed by atoms with Crippen molar-refractivity contribution < 1.29 is 4.74 Å². The van der Waals surface area contributed by atoms with Crippen LogP contribution < -0.4 is 14.8 Å². The van der Waals surface area contributed by atoms with Crippen LogP contribution in [0.1, 0.15) is 25.3 Å². The van der Waals surface area contributed by atoms with Gasteiger partial charge >= 0.3 is 0 Å². The van der Waals surface area contributed by atoms with E-state index in [0.717, 1.165) is 35.6 Å². The van der Waals surface area contributed by atoms with E-state index in [1.165, 1.54) is 15.9 Å². The topological polar surface area (TPSA) is 56.5 Å². The van der Waals surface area contributed by atoms with E-state index >= 15 is 0 Å². The Kier molecular flexibility index (Phi) is 4.81. The number of unbranched alkanes of at least 4 members (excludes halogenated alkanes) is 1. The Labute approximate surface area is 158 Å². The molecular formula is C19H17N3O2S2. The van der Waals surface area contributed by atoms with E-state index in [9.17, 15) is 4.79 Å². The second-order valence-corrected chi connectivity index (χ2v) is 7.75. The number of ether oxygens (including phenoxy) is 1. The van der Waals surface area contributed by atoms with Gasteiger partial charge in [0.05, 0.1) is 16.0 Å². The molecule has 5 nitrogen and oxygen atoms in total. The molecule has 3 heterocycles. The third kappa shape index (κ3) is 3.40. The second kappa shape index (κ2) is 7.39. The molecule has 0 saturated heterocycles. The third-order valence-electron chi connectivity index (χ3n) is 3.87. The van der Waals surface area contributed by atoms with E-state index < -0.39 is 0 Å². The summed E-state index contributed by atoms with van der Waals surface area (Å²) in [5, 5.41) is 6.32. The first-order valence-corrected chi connectivity index (χ1v) is 10.1. The Balaban J connectivity index is 1.61. The van der Waals surface area contributed by atoms with Crippen LogP contribution in [0.2, 0.25) is 0 Å².